The molecule has 0 unspecified atom stereocenters. The van der Waals surface area contributed by atoms with E-state index in [-0.39, 0.29) is 29.8 Å². The third-order valence-corrected chi connectivity index (χ3v) is 4.34. The SMILES string of the molecule is CC(C)CCCC(=O)NCc1cccc(-c2cc(C(F)(F)F)cc(C(F)(F)F)c2)n1. The van der Waals surface area contributed by atoms with Gasteiger partial charge in [-0.25, -0.2) is 0 Å². The summed E-state index contributed by atoms with van der Waals surface area (Å²) < 4.78 is 78.3. The van der Waals surface area contributed by atoms with Crippen LogP contribution in [0.3, 0.4) is 0 Å². The van der Waals surface area contributed by atoms with E-state index in [0.717, 1.165) is 12.8 Å². The van der Waals surface area contributed by atoms with Gasteiger partial charge in [-0.1, -0.05) is 26.3 Å². The number of carbonyl (C=O) groups is 1. The largest absolute Gasteiger partial charge is 0.416 e. The van der Waals surface area contributed by atoms with E-state index in [9.17, 15) is 31.1 Å². The minimum atomic E-state index is -4.93. The molecular weight excluding hydrogens is 410 g/mol. The molecule has 0 aliphatic heterocycles. The van der Waals surface area contributed by atoms with Gasteiger partial charge in [0.1, 0.15) is 0 Å². The Bertz CT molecular complexity index is 842. The number of halogens is 6. The fraction of sp³-hybridized carbons (Fsp3) is 0.429. The van der Waals surface area contributed by atoms with Crippen molar-refractivity contribution in [3.05, 3.63) is 53.2 Å². The summed E-state index contributed by atoms with van der Waals surface area (Å²) in [6.07, 6.45) is -7.91. The van der Waals surface area contributed by atoms with E-state index in [2.05, 4.69) is 10.3 Å². The molecule has 1 amide bonds. The maximum atomic E-state index is 13.1. The molecule has 2 aromatic rings. The van der Waals surface area contributed by atoms with Crippen molar-refractivity contribution in [2.75, 3.05) is 0 Å². The van der Waals surface area contributed by atoms with Gasteiger partial charge < -0.3 is 5.32 Å². The van der Waals surface area contributed by atoms with Crippen molar-refractivity contribution in [2.24, 2.45) is 5.92 Å². The number of hydrogen-bond acceptors (Lipinski definition) is 2. The van der Waals surface area contributed by atoms with Gasteiger partial charge in [0.05, 0.1) is 29.1 Å². The molecule has 0 bridgehead atoms. The molecule has 0 aliphatic rings. The lowest BCUT2D eigenvalue weighted by Crippen LogP contribution is -2.23. The maximum absolute atomic E-state index is 13.1. The molecule has 2 rings (SSSR count). The highest BCUT2D eigenvalue weighted by Crippen LogP contribution is 2.38. The van der Waals surface area contributed by atoms with Gasteiger partial charge in [-0.15, -0.1) is 0 Å². The fourth-order valence-corrected chi connectivity index (χ4v) is 2.79. The van der Waals surface area contributed by atoms with Gasteiger partial charge in [0.2, 0.25) is 5.91 Å². The monoisotopic (exact) mass is 432 g/mol. The molecule has 0 atom stereocenters. The molecule has 0 saturated carbocycles. The van der Waals surface area contributed by atoms with Crippen LogP contribution < -0.4 is 5.32 Å². The fourth-order valence-electron chi connectivity index (χ4n) is 2.79. The minimum Gasteiger partial charge on any atom is -0.350 e. The number of nitrogens with one attached hydrogen (secondary N) is 1. The first-order valence-corrected chi connectivity index (χ1v) is 9.38. The Labute approximate surface area is 170 Å². The molecule has 0 saturated heterocycles. The third kappa shape index (κ3) is 7.03. The van der Waals surface area contributed by atoms with E-state index in [1.54, 1.807) is 0 Å². The average molecular weight is 432 g/mol. The summed E-state index contributed by atoms with van der Waals surface area (Å²) in [7, 11) is 0. The highest BCUT2D eigenvalue weighted by Gasteiger charge is 2.37. The van der Waals surface area contributed by atoms with Crippen molar-refractivity contribution in [1.82, 2.24) is 10.3 Å². The number of rotatable bonds is 7. The Balaban J connectivity index is 2.21. The van der Waals surface area contributed by atoms with E-state index in [4.69, 9.17) is 0 Å². The van der Waals surface area contributed by atoms with E-state index in [1.807, 2.05) is 13.8 Å². The van der Waals surface area contributed by atoms with Crippen LogP contribution in [0.25, 0.3) is 11.3 Å². The molecule has 1 N–H and O–H groups in total. The summed E-state index contributed by atoms with van der Waals surface area (Å²) in [4.78, 5) is 16.0. The highest BCUT2D eigenvalue weighted by atomic mass is 19.4. The number of amides is 1. The zero-order valence-electron chi connectivity index (χ0n) is 16.5. The first kappa shape index (κ1) is 23.7. The predicted molar refractivity (Wildman–Crippen MR) is 100 cm³/mol. The second-order valence-corrected chi connectivity index (χ2v) is 7.37. The van der Waals surface area contributed by atoms with Crippen LogP contribution in [0.15, 0.2) is 36.4 Å². The van der Waals surface area contributed by atoms with Crippen LogP contribution in [0, 0.1) is 5.92 Å². The van der Waals surface area contributed by atoms with Crippen molar-refractivity contribution >= 4 is 5.91 Å². The highest BCUT2D eigenvalue weighted by molar-refractivity contribution is 5.75. The number of aromatic nitrogens is 1. The number of hydrogen-bond donors (Lipinski definition) is 1. The number of alkyl halides is 6. The summed E-state index contributed by atoms with van der Waals surface area (Å²) in [6, 6.07) is 5.66. The van der Waals surface area contributed by atoms with Crippen LogP contribution in [-0.2, 0) is 23.7 Å². The summed E-state index contributed by atoms with van der Waals surface area (Å²) in [6.45, 7) is 4.12. The quantitative estimate of drug-likeness (QED) is 0.527. The molecule has 164 valence electrons. The standard InChI is InChI=1S/C21H22F6N2O/c1-13(2)5-3-8-19(30)28-12-17-6-4-7-18(29-17)14-9-15(20(22,23)24)11-16(10-14)21(25,26)27/h4,6-7,9-11,13H,3,5,8,12H2,1-2H3,(H,28,30). The Morgan fingerprint density at radius 3 is 2.13 bits per heavy atom. The van der Waals surface area contributed by atoms with Crippen LogP contribution in [0.2, 0.25) is 0 Å². The molecule has 0 radical (unpaired) electrons. The lowest BCUT2D eigenvalue weighted by atomic mass is 10.0. The predicted octanol–water partition coefficient (Wildman–Crippen LogP) is 6.23. The summed E-state index contributed by atoms with van der Waals surface area (Å²) in [5.41, 5.74) is -2.83. The first-order valence-electron chi connectivity index (χ1n) is 9.38. The van der Waals surface area contributed by atoms with Crippen molar-refractivity contribution in [2.45, 2.75) is 52.0 Å². The Kier molecular flexibility index (Phi) is 7.49. The van der Waals surface area contributed by atoms with Crippen LogP contribution in [0.5, 0.6) is 0 Å². The zero-order chi connectivity index (χ0) is 22.5. The average Bonchev–Trinajstić information content (AvgIpc) is 2.64. The Hall–Kier alpha value is -2.58. The van der Waals surface area contributed by atoms with E-state index >= 15 is 0 Å². The normalized spacial score (nSPS) is 12.3. The lowest BCUT2D eigenvalue weighted by molar-refractivity contribution is -0.143. The van der Waals surface area contributed by atoms with Gasteiger partial charge in [-0.3, -0.25) is 9.78 Å². The Morgan fingerprint density at radius 2 is 1.60 bits per heavy atom. The van der Waals surface area contributed by atoms with Crippen LogP contribution in [0.1, 0.15) is 49.9 Å². The zero-order valence-corrected chi connectivity index (χ0v) is 16.5. The third-order valence-electron chi connectivity index (χ3n) is 4.34. The first-order chi connectivity index (χ1) is 13.9. The molecular formula is C21H22F6N2O. The van der Waals surface area contributed by atoms with Gasteiger partial charge in [0.25, 0.3) is 0 Å². The van der Waals surface area contributed by atoms with Crippen molar-refractivity contribution < 1.29 is 31.1 Å². The number of nitrogens with zero attached hydrogens (tertiary/aromatic N) is 1. The summed E-state index contributed by atoms with van der Waals surface area (Å²) in [5, 5.41) is 2.66. The number of pyridine rings is 1. The number of benzene rings is 1. The van der Waals surface area contributed by atoms with E-state index < -0.39 is 23.5 Å². The number of carbonyl (C=O) groups excluding carboxylic acids is 1. The molecule has 3 nitrogen and oxygen atoms in total. The van der Waals surface area contributed by atoms with Crippen LogP contribution in [0.4, 0.5) is 26.3 Å². The van der Waals surface area contributed by atoms with Crippen molar-refractivity contribution in [3.63, 3.8) is 0 Å². The molecule has 1 aromatic carbocycles. The van der Waals surface area contributed by atoms with Gasteiger partial charge >= 0.3 is 12.4 Å². The van der Waals surface area contributed by atoms with Crippen LogP contribution in [-0.4, -0.2) is 10.9 Å². The summed E-state index contributed by atoms with van der Waals surface area (Å²) >= 11 is 0. The van der Waals surface area contributed by atoms with Gasteiger partial charge in [-0.2, -0.15) is 26.3 Å². The minimum absolute atomic E-state index is 0.0272. The van der Waals surface area contributed by atoms with Crippen LogP contribution >= 0.6 is 0 Å². The molecule has 0 spiro atoms. The van der Waals surface area contributed by atoms with Crippen molar-refractivity contribution in [3.8, 4) is 11.3 Å². The second-order valence-electron chi connectivity index (χ2n) is 7.37. The van der Waals surface area contributed by atoms with E-state index in [0.29, 0.717) is 30.2 Å². The van der Waals surface area contributed by atoms with Gasteiger partial charge in [0, 0.05) is 12.0 Å². The lowest BCUT2D eigenvalue weighted by Gasteiger charge is -2.14. The second kappa shape index (κ2) is 9.49. The molecule has 1 heterocycles. The van der Waals surface area contributed by atoms with Gasteiger partial charge in [0.15, 0.2) is 0 Å². The topological polar surface area (TPSA) is 42.0 Å². The summed E-state index contributed by atoms with van der Waals surface area (Å²) in [5.74, 6) is 0.284. The van der Waals surface area contributed by atoms with Gasteiger partial charge in [-0.05, 0) is 42.7 Å². The van der Waals surface area contributed by atoms with Crippen molar-refractivity contribution in [1.29, 1.82) is 0 Å². The molecule has 0 aliphatic carbocycles. The smallest absolute Gasteiger partial charge is 0.350 e. The Morgan fingerprint density at radius 1 is 1.00 bits per heavy atom. The molecule has 1 aromatic heterocycles. The molecule has 9 heteroatoms. The molecule has 0 fully saturated rings. The maximum Gasteiger partial charge on any atom is 0.416 e. The molecule has 30 heavy (non-hydrogen) atoms. The van der Waals surface area contributed by atoms with E-state index in [1.165, 1.54) is 18.2 Å².